The van der Waals surface area contributed by atoms with Crippen LogP contribution in [0.2, 0.25) is 0 Å². The van der Waals surface area contributed by atoms with Crippen molar-refractivity contribution in [2.24, 2.45) is 5.73 Å². The summed E-state index contributed by atoms with van der Waals surface area (Å²) in [6, 6.07) is 7.84. The van der Waals surface area contributed by atoms with Crippen LogP contribution in [0.3, 0.4) is 0 Å². The zero-order chi connectivity index (χ0) is 18.2. The van der Waals surface area contributed by atoms with E-state index >= 15 is 0 Å². The van der Waals surface area contributed by atoms with Gasteiger partial charge in [-0.05, 0) is 44.1 Å². The zero-order valence-electron chi connectivity index (χ0n) is 14.5. The van der Waals surface area contributed by atoms with Gasteiger partial charge in [0.2, 0.25) is 0 Å². The molecule has 0 saturated carbocycles. The molecule has 146 valence electrons. The third kappa shape index (κ3) is 7.28. The van der Waals surface area contributed by atoms with Crippen molar-refractivity contribution >= 4 is 0 Å². The van der Waals surface area contributed by atoms with Crippen molar-refractivity contribution in [2.75, 3.05) is 0 Å². The summed E-state index contributed by atoms with van der Waals surface area (Å²) >= 11 is 0. The van der Waals surface area contributed by atoms with E-state index in [-0.39, 0.29) is 14.9 Å². The molecule has 0 saturated heterocycles. The topological polar surface area (TPSA) is 78.5 Å². The smallest absolute Gasteiger partial charge is 0.0981 e. The Morgan fingerprint density at radius 1 is 1.07 bits per heavy atom. The molecule has 0 aliphatic heterocycles. The van der Waals surface area contributed by atoms with E-state index < -0.39 is 12.1 Å². The molecule has 27 heavy (non-hydrogen) atoms. The first-order valence-electron chi connectivity index (χ1n) is 8.19. The first kappa shape index (κ1) is 24.4. The predicted octanol–water partition coefficient (Wildman–Crippen LogP) is 4.00. The second-order valence-corrected chi connectivity index (χ2v) is 6.01. The Hall–Kier alpha value is -2.58. The maximum atomic E-state index is 9.40. The molecule has 1 aromatic carbocycles. The number of aliphatic hydroxyl groups is 1. The van der Waals surface area contributed by atoms with Crippen molar-refractivity contribution in [1.82, 2.24) is 5.48 Å². The highest BCUT2D eigenvalue weighted by molar-refractivity contribution is 5.47. The lowest BCUT2D eigenvalue weighted by molar-refractivity contribution is 0.0753. The highest BCUT2D eigenvalue weighted by Gasteiger charge is 2.21. The zero-order valence-corrected chi connectivity index (χ0v) is 14.5. The van der Waals surface area contributed by atoms with Crippen molar-refractivity contribution in [1.29, 1.82) is 0 Å². The van der Waals surface area contributed by atoms with Crippen molar-refractivity contribution < 1.29 is 10.3 Å². The summed E-state index contributed by atoms with van der Waals surface area (Å²) in [7, 11) is 0. The number of aliphatic hydroxyl groups excluding tert-OH is 1. The fraction of sp³-hybridized carbons (Fsp3) is 0.304. The summed E-state index contributed by atoms with van der Waals surface area (Å²) in [5.74, 6) is 6.29. The van der Waals surface area contributed by atoms with E-state index in [4.69, 9.17) is 10.9 Å². The second-order valence-electron chi connectivity index (χ2n) is 6.01. The van der Waals surface area contributed by atoms with E-state index in [1.54, 1.807) is 19.1 Å². The standard InChI is InChI=1S/C14H12.C7H12N2O2.2CH4/c1-12-6-8-14(9-7-12)11-10-13-4-2-3-5-13;1-4-5(8)2-3-6(9-11)7(4)10;;/h2,4-9H,3H2,1H3;2-3,6-7,9-11H,8H2,1H3;2*1H4. The molecule has 2 aliphatic carbocycles. The fourth-order valence-electron chi connectivity index (χ4n) is 2.33. The SMILES string of the molecule is C.C.CC1=C(N)C=CC(NO)C1O.Cc1ccc(C#CC2=CCC=C2)cc1. The number of rotatable bonds is 1. The van der Waals surface area contributed by atoms with E-state index in [9.17, 15) is 5.11 Å². The number of hydrogen-bond donors (Lipinski definition) is 4. The van der Waals surface area contributed by atoms with Gasteiger partial charge >= 0.3 is 0 Å². The Bertz CT molecular complexity index is 775. The van der Waals surface area contributed by atoms with Crippen LogP contribution < -0.4 is 11.2 Å². The van der Waals surface area contributed by atoms with Crippen LogP contribution >= 0.6 is 0 Å². The summed E-state index contributed by atoms with van der Waals surface area (Å²) < 4.78 is 0. The predicted molar refractivity (Wildman–Crippen MR) is 114 cm³/mol. The number of nitrogens with one attached hydrogen (secondary N) is 1. The lowest BCUT2D eigenvalue weighted by atomic mass is 9.97. The Morgan fingerprint density at radius 3 is 2.30 bits per heavy atom. The Kier molecular flexibility index (Phi) is 10.8. The second kappa shape index (κ2) is 11.9. The van der Waals surface area contributed by atoms with Gasteiger partial charge in [-0.3, -0.25) is 0 Å². The van der Waals surface area contributed by atoms with Crippen LogP contribution in [0.25, 0.3) is 0 Å². The molecular formula is C23H32N2O2. The maximum Gasteiger partial charge on any atom is 0.0981 e. The molecule has 0 fully saturated rings. The minimum absolute atomic E-state index is 0. The summed E-state index contributed by atoms with van der Waals surface area (Å²) in [4.78, 5) is 0. The molecule has 4 heteroatoms. The summed E-state index contributed by atoms with van der Waals surface area (Å²) in [6.07, 6.45) is 9.91. The van der Waals surface area contributed by atoms with Gasteiger partial charge in [-0.1, -0.05) is 68.7 Å². The maximum absolute atomic E-state index is 9.40. The van der Waals surface area contributed by atoms with Crippen molar-refractivity contribution in [3.8, 4) is 11.8 Å². The lowest BCUT2D eigenvalue weighted by Gasteiger charge is -2.23. The van der Waals surface area contributed by atoms with Crippen molar-refractivity contribution in [3.63, 3.8) is 0 Å². The number of hydroxylamine groups is 1. The van der Waals surface area contributed by atoms with Gasteiger partial charge in [0.05, 0.1) is 12.1 Å². The van der Waals surface area contributed by atoms with Crippen LogP contribution in [0.15, 0.2) is 71.5 Å². The van der Waals surface area contributed by atoms with Gasteiger partial charge in [-0.15, -0.1) is 0 Å². The third-order valence-electron chi connectivity index (χ3n) is 4.05. The molecule has 2 atom stereocenters. The Labute approximate surface area is 163 Å². The van der Waals surface area contributed by atoms with Crippen LogP contribution in [0.5, 0.6) is 0 Å². The van der Waals surface area contributed by atoms with E-state index in [0.717, 1.165) is 17.6 Å². The van der Waals surface area contributed by atoms with Crippen LogP contribution in [-0.2, 0) is 0 Å². The van der Waals surface area contributed by atoms with Crippen LogP contribution in [0.1, 0.15) is 39.3 Å². The quantitative estimate of drug-likeness (QED) is 0.446. The lowest BCUT2D eigenvalue weighted by Crippen LogP contribution is -2.39. The molecule has 5 N–H and O–H groups in total. The molecule has 0 bridgehead atoms. The van der Waals surface area contributed by atoms with Crippen molar-refractivity contribution in [2.45, 2.75) is 47.3 Å². The molecule has 0 radical (unpaired) electrons. The van der Waals surface area contributed by atoms with Crippen molar-refractivity contribution in [3.05, 3.63) is 82.6 Å². The molecule has 0 spiro atoms. The van der Waals surface area contributed by atoms with E-state index in [0.29, 0.717) is 11.3 Å². The molecule has 0 heterocycles. The highest BCUT2D eigenvalue weighted by Crippen LogP contribution is 2.15. The van der Waals surface area contributed by atoms with Gasteiger partial charge in [-0.2, -0.15) is 5.48 Å². The largest absolute Gasteiger partial charge is 0.399 e. The average molecular weight is 369 g/mol. The van der Waals surface area contributed by atoms with Gasteiger partial charge in [0.1, 0.15) is 0 Å². The summed E-state index contributed by atoms with van der Waals surface area (Å²) in [6.45, 7) is 3.81. The van der Waals surface area contributed by atoms with Crippen LogP contribution in [-0.4, -0.2) is 22.5 Å². The minimum atomic E-state index is -0.731. The molecule has 0 aromatic heterocycles. The Morgan fingerprint density at radius 2 is 1.74 bits per heavy atom. The minimum Gasteiger partial charge on any atom is -0.399 e. The molecule has 1 aromatic rings. The van der Waals surface area contributed by atoms with E-state index in [2.05, 4.69) is 61.3 Å². The first-order chi connectivity index (χ1) is 12.0. The molecule has 2 aliphatic rings. The van der Waals surface area contributed by atoms with Gasteiger partial charge in [-0.25, -0.2) is 0 Å². The molecule has 0 amide bonds. The molecule has 3 rings (SSSR count). The summed E-state index contributed by atoms with van der Waals surface area (Å²) in [5, 5.41) is 17.9. The van der Waals surface area contributed by atoms with Gasteiger partial charge in [0.25, 0.3) is 0 Å². The Balaban J connectivity index is 0.000000479. The summed E-state index contributed by atoms with van der Waals surface area (Å²) in [5.41, 5.74) is 12.2. The first-order valence-corrected chi connectivity index (χ1v) is 8.19. The fourth-order valence-corrected chi connectivity index (χ4v) is 2.33. The van der Waals surface area contributed by atoms with Gasteiger partial charge in [0.15, 0.2) is 0 Å². The number of allylic oxidation sites excluding steroid dienone is 5. The van der Waals surface area contributed by atoms with E-state index in [1.807, 2.05) is 5.48 Å². The molecule has 2 unspecified atom stereocenters. The normalized spacial score (nSPS) is 19.6. The third-order valence-corrected chi connectivity index (χ3v) is 4.05. The van der Waals surface area contributed by atoms with Gasteiger partial charge in [0, 0.05) is 16.8 Å². The molecule has 4 nitrogen and oxygen atoms in total. The number of aryl methyl sites for hydroxylation is 1. The van der Waals surface area contributed by atoms with Crippen LogP contribution in [0.4, 0.5) is 0 Å². The van der Waals surface area contributed by atoms with E-state index in [1.165, 1.54) is 5.56 Å². The monoisotopic (exact) mass is 368 g/mol. The number of benzene rings is 1. The highest BCUT2D eigenvalue weighted by atomic mass is 16.5. The van der Waals surface area contributed by atoms with Crippen LogP contribution in [0, 0.1) is 18.8 Å². The average Bonchev–Trinajstić information content (AvgIpc) is 3.14. The number of nitrogens with two attached hydrogens (primary N) is 1. The van der Waals surface area contributed by atoms with Gasteiger partial charge < -0.3 is 16.0 Å². The number of hydrogen-bond acceptors (Lipinski definition) is 4. The molecular weight excluding hydrogens is 336 g/mol.